The molecule has 2 atom stereocenters. The molecule has 0 aromatic rings. The van der Waals surface area contributed by atoms with Gasteiger partial charge in [0.05, 0.1) is 0 Å². The van der Waals surface area contributed by atoms with Crippen LogP contribution in [0.15, 0.2) is 36.5 Å². The van der Waals surface area contributed by atoms with Crippen molar-refractivity contribution < 1.29 is 10.2 Å². The van der Waals surface area contributed by atoms with E-state index >= 15 is 0 Å². The summed E-state index contributed by atoms with van der Waals surface area (Å²) in [6.45, 7) is 5.29. The van der Waals surface area contributed by atoms with Gasteiger partial charge >= 0.3 is 0 Å². The van der Waals surface area contributed by atoms with Crippen LogP contribution in [0.1, 0.15) is 6.92 Å². The number of aliphatic hydroxyl groups excluding tert-OH is 1. The SMILES string of the molecule is C=C(C)C1(O)C=CC=CC1O. The Morgan fingerprint density at radius 1 is 1.55 bits per heavy atom. The standard InChI is InChI=1S/C9H12O2/c1-7(2)9(11)6-4-3-5-8(9)10/h3-6,8,10-11H,1H2,2H3. The van der Waals surface area contributed by atoms with Gasteiger partial charge in [0.15, 0.2) is 0 Å². The van der Waals surface area contributed by atoms with Gasteiger partial charge in [-0.25, -0.2) is 0 Å². The second kappa shape index (κ2) is 2.64. The highest BCUT2D eigenvalue weighted by Crippen LogP contribution is 2.24. The van der Waals surface area contributed by atoms with Gasteiger partial charge in [0, 0.05) is 0 Å². The lowest BCUT2D eigenvalue weighted by atomic mass is 9.86. The molecule has 1 aliphatic carbocycles. The zero-order chi connectivity index (χ0) is 8.48. The van der Waals surface area contributed by atoms with Crippen LogP contribution >= 0.6 is 0 Å². The molecule has 0 fully saturated rings. The highest BCUT2D eigenvalue weighted by molar-refractivity contribution is 5.32. The molecule has 0 aliphatic heterocycles. The van der Waals surface area contributed by atoms with Gasteiger partial charge in [-0.3, -0.25) is 0 Å². The fraction of sp³-hybridized carbons (Fsp3) is 0.333. The van der Waals surface area contributed by atoms with E-state index in [1.165, 1.54) is 6.08 Å². The molecule has 0 heterocycles. The third-order valence-corrected chi connectivity index (χ3v) is 1.89. The molecule has 1 rings (SSSR count). The van der Waals surface area contributed by atoms with Crippen molar-refractivity contribution in [2.45, 2.75) is 18.6 Å². The van der Waals surface area contributed by atoms with Crippen molar-refractivity contribution in [3.63, 3.8) is 0 Å². The van der Waals surface area contributed by atoms with Gasteiger partial charge in [-0.1, -0.05) is 24.8 Å². The molecule has 0 spiro atoms. The van der Waals surface area contributed by atoms with Gasteiger partial charge in [0.25, 0.3) is 0 Å². The molecule has 0 aromatic carbocycles. The molecule has 2 heteroatoms. The summed E-state index contributed by atoms with van der Waals surface area (Å²) in [7, 11) is 0. The monoisotopic (exact) mass is 152 g/mol. The number of rotatable bonds is 1. The summed E-state index contributed by atoms with van der Waals surface area (Å²) < 4.78 is 0. The Hall–Kier alpha value is -0.860. The predicted octanol–water partition coefficient (Wildman–Crippen LogP) is 0.780. The Morgan fingerprint density at radius 2 is 2.18 bits per heavy atom. The lowest BCUT2D eigenvalue weighted by Gasteiger charge is -2.30. The molecule has 0 saturated carbocycles. The molecular formula is C9H12O2. The quantitative estimate of drug-likeness (QED) is 0.545. The van der Waals surface area contributed by atoms with E-state index in [4.69, 9.17) is 0 Å². The van der Waals surface area contributed by atoms with Crippen LogP contribution in [0, 0.1) is 0 Å². The normalized spacial score (nSPS) is 35.7. The van der Waals surface area contributed by atoms with Gasteiger partial charge in [-0.05, 0) is 18.6 Å². The Morgan fingerprint density at radius 3 is 2.55 bits per heavy atom. The van der Waals surface area contributed by atoms with E-state index in [9.17, 15) is 10.2 Å². The average Bonchev–Trinajstić information content (AvgIpc) is 1.95. The molecule has 60 valence electrons. The van der Waals surface area contributed by atoms with Crippen molar-refractivity contribution in [2.24, 2.45) is 0 Å². The molecule has 0 amide bonds. The smallest absolute Gasteiger partial charge is 0.133 e. The van der Waals surface area contributed by atoms with E-state index in [0.717, 1.165) is 0 Å². The maximum atomic E-state index is 9.73. The van der Waals surface area contributed by atoms with Crippen molar-refractivity contribution in [3.8, 4) is 0 Å². The van der Waals surface area contributed by atoms with E-state index in [1.54, 1.807) is 25.2 Å². The molecule has 1 aliphatic rings. The van der Waals surface area contributed by atoms with Gasteiger partial charge in [-0.15, -0.1) is 0 Å². The summed E-state index contributed by atoms with van der Waals surface area (Å²) >= 11 is 0. The maximum Gasteiger partial charge on any atom is 0.133 e. The molecule has 0 radical (unpaired) electrons. The zero-order valence-corrected chi connectivity index (χ0v) is 6.49. The highest BCUT2D eigenvalue weighted by atomic mass is 16.3. The second-order valence-electron chi connectivity index (χ2n) is 2.79. The van der Waals surface area contributed by atoms with Gasteiger partial charge in [0.1, 0.15) is 11.7 Å². The molecule has 2 nitrogen and oxygen atoms in total. The minimum absolute atomic E-state index is 0.547. The first kappa shape index (κ1) is 8.24. The minimum Gasteiger partial charge on any atom is -0.385 e. The second-order valence-corrected chi connectivity index (χ2v) is 2.79. The summed E-state index contributed by atoms with van der Waals surface area (Å²) in [5.41, 5.74) is -0.722. The topological polar surface area (TPSA) is 40.5 Å². The van der Waals surface area contributed by atoms with Crippen LogP contribution in [0.5, 0.6) is 0 Å². The maximum absolute atomic E-state index is 9.73. The Bertz CT molecular complexity index is 228. The molecule has 0 aromatic heterocycles. The van der Waals surface area contributed by atoms with Crippen molar-refractivity contribution in [2.75, 3.05) is 0 Å². The lowest BCUT2D eigenvalue weighted by molar-refractivity contribution is 0.0131. The van der Waals surface area contributed by atoms with Gasteiger partial charge < -0.3 is 10.2 Å². The van der Waals surface area contributed by atoms with Crippen molar-refractivity contribution in [1.29, 1.82) is 0 Å². The van der Waals surface area contributed by atoms with Crippen LogP contribution < -0.4 is 0 Å². The van der Waals surface area contributed by atoms with Crippen LogP contribution in [0.25, 0.3) is 0 Å². The number of hydrogen-bond acceptors (Lipinski definition) is 2. The fourth-order valence-electron chi connectivity index (χ4n) is 1.01. The minimum atomic E-state index is -1.27. The Balaban J connectivity index is 2.94. The summed E-state index contributed by atoms with van der Waals surface area (Å²) in [4.78, 5) is 0. The van der Waals surface area contributed by atoms with E-state index < -0.39 is 11.7 Å². The first-order valence-corrected chi connectivity index (χ1v) is 3.50. The van der Waals surface area contributed by atoms with E-state index in [2.05, 4.69) is 6.58 Å². The third-order valence-electron chi connectivity index (χ3n) is 1.89. The molecule has 2 N–H and O–H groups in total. The van der Waals surface area contributed by atoms with Crippen molar-refractivity contribution in [3.05, 3.63) is 36.5 Å². The number of hydrogen-bond donors (Lipinski definition) is 2. The number of aliphatic hydroxyl groups is 2. The van der Waals surface area contributed by atoms with Crippen molar-refractivity contribution >= 4 is 0 Å². The molecular weight excluding hydrogens is 140 g/mol. The Kier molecular flexibility index (Phi) is 1.98. The Labute approximate surface area is 66.2 Å². The first-order chi connectivity index (χ1) is 5.07. The molecule has 11 heavy (non-hydrogen) atoms. The predicted molar refractivity (Wildman–Crippen MR) is 44.1 cm³/mol. The van der Waals surface area contributed by atoms with Gasteiger partial charge in [-0.2, -0.15) is 0 Å². The van der Waals surface area contributed by atoms with E-state index in [1.807, 2.05) is 0 Å². The van der Waals surface area contributed by atoms with Crippen LogP contribution in [0.4, 0.5) is 0 Å². The van der Waals surface area contributed by atoms with Gasteiger partial charge in [0.2, 0.25) is 0 Å². The molecule has 0 saturated heterocycles. The van der Waals surface area contributed by atoms with E-state index in [-0.39, 0.29) is 0 Å². The van der Waals surface area contributed by atoms with Crippen LogP contribution in [0.3, 0.4) is 0 Å². The van der Waals surface area contributed by atoms with Crippen molar-refractivity contribution in [1.82, 2.24) is 0 Å². The molecule has 0 bridgehead atoms. The summed E-state index contributed by atoms with van der Waals surface area (Å²) in [5, 5.41) is 19.1. The zero-order valence-electron chi connectivity index (χ0n) is 6.49. The van der Waals surface area contributed by atoms with E-state index in [0.29, 0.717) is 5.57 Å². The molecule has 2 unspecified atom stereocenters. The first-order valence-electron chi connectivity index (χ1n) is 3.50. The largest absolute Gasteiger partial charge is 0.385 e. The van der Waals surface area contributed by atoms with Crippen LogP contribution in [-0.2, 0) is 0 Å². The fourth-order valence-corrected chi connectivity index (χ4v) is 1.01. The summed E-state index contributed by atoms with van der Waals surface area (Å²) in [6, 6.07) is 0. The lowest BCUT2D eigenvalue weighted by Crippen LogP contribution is -2.41. The third kappa shape index (κ3) is 1.27. The van der Waals surface area contributed by atoms with Crippen LogP contribution in [0.2, 0.25) is 0 Å². The average molecular weight is 152 g/mol. The van der Waals surface area contributed by atoms with Crippen LogP contribution in [-0.4, -0.2) is 21.9 Å². The summed E-state index contributed by atoms with van der Waals surface area (Å²) in [6.07, 6.45) is 5.60. The number of allylic oxidation sites excluding steroid dienone is 2. The highest BCUT2D eigenvalue weighted by Gasteiger charge is 2.33. The summed E-state index contributed by atoms with van der Waals surface area (Å²) in [5.74, 6) is 0.